The molecular formula is C14H20O3. The maximum atomic E-state index is 9.92. The molecule has 2 unspecified atom stereocenters. The summed E-state index contributed by atoms with van der Waals surface area (Å²) in [5, 5.41) is 19.3. The maximum absolute atomic E-state index is 9.92. The normalized spacial score (nSPS) is 22.7. The number of ether oxygens (including phenoxy) is 1. The maximum Gasteiger partial charge on any atom is 0.121 e. The van der Waals surface area contributed by atoms with Crippen molar-refractivity contribution in [2.24, 2.45) is 0 Å². The highest BCUT2D eigenvalue weighted by atomic mass is 16.5. The van der Waals surface area contributed by atoms with Crippen molar-refractivity contribution < 1.29 is 14.9 Å². The first-order chi connectivity index (χ1) is 8.08. The van der Waals surface area contributed by atoms with E-state index in [0.717, 1.165) is 30.6 Å². The highest BCUT2D eigenvalue weighted by Gasteiger charge is 2.19. The van der Waals surface area contributed by atoms with Crippen LogP contribution in [0, 0.1) is 0 Å². The number of fused-ring (bicyclic) bond motifs is 1. The van der Waals surface area contributed by atoms with Gasteiger partial charge in [-0.3, -0.25) is 0 Å². The summed E-state index contributed by atoms with van der Waals surface area (Å²) < 4.78 is 5.63. The van der Waals surface area contributed by atoms with Crippen molar-refractivity contribution in [3.8, 4) is 5.75 Å². The summed E-state index contributed by atoms with van der Waals surface area (Å²) in [5.41, 5.74) is 2.19. The Hall–Kier alpha value is -1.06. The molecule has 0 saturated carbocycles. The van der Waals surface area contributed by atoms with E-state index in [1.807, 2.05) is 25.1 Å². The first kappa shape index (κ1) is 12.4. The average Bonchev–Trinajstić information content (AvgIpc) is 2.30. The SMILES string of the molecule is CC(O)C(C)Oc1ccc2c(c1)[C@@H](O)CCC2. The van der Waals surface area contributed by atoms with Crippen LogP contribution in [0.1, 0.15) is 43.9 Å². The van der Waals surface area contributed by atoms with Crippen molar-refractivity contribution in [2.75, 3.05) is 0 Å². The molecule has 0 bridgehead atoms. The summed E-state index contributed by atoms with van der Waals surface area (Å²) in [7, 11) is 0. The fourth-order valence-electron chi connectivity index (χ4n) is 2.14. The molecule has 3 atom stereocenters. The second-order valence-corrected chi connectivity index (χ2v) is 4.83. The zero-order valence-electron chi connectivity index (χ0n) is 10.4. The lowest BCUT2D eigenvalue weighted by Gasteiger charge is -2.23. The Labute approximate surface area is 102 Å². The van der Waals surface area contributed by atoms with Gasteiger partial charge in [0.2, 0.25) is 0 Å². The third kappa shape index (κ3) is 2.79. The number of hydrogen-bond acceptors (Lipinski definition) is 3. The van der Waals surface area contributed by atoms with E-state index in [1.54, 1.807) is 6.92 Å². The second-order valence-electron chi connectivity index (χ2n) is 4.83. The van der Waals surface area contributed by atoms with E-state index in [2.05, 4.69) is 0 Å². The van der Waals surface area contributed by atoms with Crippen molar-refractivity contribution in [1.82, 2.24) is 0 Å². The van der Waals surface area contributed by atoms with E-state index < -0.39 is 6.10 Å². The summed E-state index contributed by atoms with van der Waals surface area (Å²) in [6.07, 6.45) is 1.77. The van der Waals surface area contributed by atoms with Gasteiger partial charge in [0.1, 0.15) is 11.9 Å². The highest BCUT2D eigenvalue weighted by Crippen LogP contribution is 2.32. The van der Waals surface area contributed by atoms with Gasteiger partial charge in [-0.2, -0.15) is 0 Å². The Bertz CT molecular complexity index is 387. The van der Waals surface area contributed by atoms with Crippen LogP contribution in [0.15, 0.2) is 18.2 Å². The number of benzene rings is 1. The number of hydrogen-bond donors (Lipinski definition) is 2. The zero-order chi connectivity index (χ0) is 12.4. The largest absolute Gasteiger partial charge is 0.488 e. The quantitative estimate of drug-likeness (QED) is 0.846. The molecule has 2 N–H and O–H groups in total. The molecule has 0 fully saturated rings. The van der Waals surface area contributed by atoms with Gasteiger partial charge in [-0.1, -0.05) is 6.07 Å². The molecule has 0 radical (unpaired) electrons. The van der Waals surface area contributed by atoms with E-state index in [-0.39, 0.29) is 12.2 Å². The lowest BCUT2D eigenvalue weighted by Crippen LogP contribution is -2.25. The van der Waals surface area contributed by atoms with Gasteiger partial charge in [-0.25, -0.2) is 0 Å². The summed E-state index contributed by atoms with van der Waals surface area (Å²) >= 11 is 0. The Morgan fingerprint density at radius 1 is 1.35 bits per heavy atom. The molecule has 1 aromatic carbocycles. The summed E-state index contributed by atoms with van der Waals surface area (Å²) in [6, 6.07) is 5.83. The predicted octanol–water partition coefficient (Wildman–Crippen LogP) is 2.20. The topological polar surface area (TPSA) is 49.7 Å². The molecule has 1 aliphatic rings. The van der Waals surface area contributed by atoms with E-state index in [1.165, 1.54) is 5.56 Å². The summed E-state index contributed by atoms with van der Waals surface area (Å²) in [5.74, 6) is 0.720. The first-order valence-electron chi connectivity index (χ1n) is 6.23. The molecule has 17 heavy (non-hydrogen) atoms. The summed E-state index contributed by atoms with van der Waals surface area (Å²) in [6.45, 7) is 3.54. The van der Waals surface area contributed by atoms with Crippen molar-refractivity contribution in [2.45, 2.75) is 51.4 Å². The van der Waals surface area contributed by atoms with Crippen LogP contribution in [0.3, 0.4) is 0 Å². The molecule has 0 amide bonds. The van der Waals surface area contributed by atoms with Gasteiger partial charge >= 0.3 is 0 Å². The number of aliphatic hydroxyl groups is 2. The van der Waals surface area contributed by atoms with Crippen LogP contribution in [-0.4, -0.2) is 22.4 Å². The number of aryl methyl sites for hydroxylation is 1. The third-order valence-corrected chi connectivity index (χ3v) is 3.40. The van der Waals surface area contributed by atoms with E-state index in [4.69, 9.17) is 4.74 Å². The Kier molecular flexibility index (Phi) is 3.69. The minimum Gasteiger partial charge on any atom is -0.488 e. The van der Waals surface area contributed by atoms with Gasteiger partial charge < -0.3 is 14.9 Å². The number of rotatable bonds is 3. The van der Waals surface area contributed by atoms with Crippen LogP contribution >= 0.6 is 0 Å². The molecule has 0 saturated heterocycles. The molecule has 3 heteroatoms. The van der Waals surface area contributed by atoms with Crippen LogP contribution in [-0.2, 0) is 6.42 Å². The van der Waals surface area contributed by atoms with Crippen molar-refractivity contribution >= 4 is 0 Å². The average molecular weight is 236 g/mol. The molecule has 94 valence electrons. The standard InChI is InChI=1S/C14H20O3/c1-9(15)10(2)17-12-7-6-11-4-3-5-14(16)13(11)8-12/h6-10,14-16H,3-5H2,1-2H3/t9?,10?,14-/m0/s1. The van der Waals surface area contributed by atoms with Gasteiger partial charge in [0.05, 0.1) is 12.2 Å². The predicted molar refractivity (Wildman–Crippen MR) is 66.1 cm³/mol. The second kappa shape index (κ2) is 5.07. The van der Waals surface area contributed by atoms with Crippen molar-refractivity contribution in [3.63, 3.8) is 0 Å². The van der Waals surface area contributed by atoms with Crippen LogP contribution in [0.5, 0.6) is 5.75 Å². The molecule has 0 spiro atoms. The third-order valence-electron chi connectivity index (χ3n) is 3.40. The van der Waals surface area contributed by atoms with Crippen molar-refractivity contribution in [3.05, 3.63) is 29.3 Å². The molecule has 0 aliphatic heterocycles. The van der Waals surface area contributed by atoms with Crippen LogP contribution in [0.4, 0.5) is 0 Å². The van der Waals surface area contributed by atoms with E-state index in [0.29, 0.717) is 0 Å². The molecule has 1 aromatic rings. The molecule has 1 aliphatic carbocycles. The van der Waals surface area contributed by atoms with Crippen molar-refractivity contribution in [1.29, 1.82) is 0 Å². The fourth-order valence-corrected chi connectivity index (χ4v) is 2.14. The lowest BCUT2D eigenvalue weighted by atomic mass is 9.89. The van der Waals surface area contributed by atoms with Gasteiger partial charge in [-0.05, 0) is 56.4 Å². The van der Waals surface area contributed by atoms with Gasteiger partial charge in [-0.15, -0.1) is 0 Å². The van der Waals surface area contributed by atoms with E-state index in [9.17, 15) is 10.2 Å². The first-order valence-corrected chi connectivity index (χ1v) is 6.23. The molecule has 0 heterocycles. The van der Waals surface area contributed by atoms with Crippen LogP contribution < -0.4 is 4.74 Å². The Morgan fingerprint density at radius 3 is 2.82 bits per heavy atom. The lowest BCUT2D eigenvalue weighted by molar-refractivity contribution is 0.0601. The zero-order valence-corrected chi connectivity index (χ0v) is 10.4. The Balaban J connectivity index is 2.18. The van der Waals surface area contributed by atoms with Crippen LogP contribution in [0.25, 0.3) is 0 Å². The smallest absolute Gasteiger partial charge is 0.121 e. The molecule has 2 rings (SSSR count). The van der Waals surface area contributed by atoms with Gasteiger partial charge in [0.25, 0.3) is 0 Å². The summed E-state index contributed by atoms with van der Waals surface area (Å²) in [4.78, 5) is 0. The van der Waals surface area contributed by atoms with Crippen LogP contribution in [0.2, 0.25) is 0 Å². The molecular weight excluding hydrogens is 216 g/mol. The van der Waals surface area contributed by atoms with Gasteiger partial charge in [0.15, 0.2) is 0 Å². The Morgan fingerprint density at radius 2 is 2.12 bits per heavy atom. The van der Waals surface area contributed by atoms with E-state index >= 15 is 0 Å². The molecule has 3 nitrogen and oxygen atoms in total. The number of aliphatic hydroxyl groups excluding tert-OH is 2. The minimum atomic E-state index is -0.504. The minimum absolute atomic E-state index is 0.242. The molecule has 0 aromatic heterocycles. The monoisotopic (exact) mass is 236 g/mol. The fraction of sp³-hybridized carbons (Fsp3) is 0.571. The highest BCUT2D eigenvalue weighted by molar-refractivity contribution is 5.38. The van der Waals surface area contributed by atoms with Gasteiger partial charge in [0, 0.05) is 0 Å².